The van der Waals surface area contributed by atoms with Crippen LogP contribution in [0.5, 0.6) is 0 Å². The number of carbonyl (C=O) groups is 1. The molecule has 0 bridgehead atoms. The first-order valence-electron chi connectivity index (χ1n) is 6.38. The molecular weight excluding hydrogens is 266 g/mol. The summed E-state index contributed by atoms with van der Waals surface area (Å²) in [4.78, 5) is 15.6. The normalized spacial score (nSPS) is 10.5. The van der Waals surface area contributed by atoms with E-state index < -0.39 is 5.97 Å². The molecule has 0 aliphatic carbocycles. The molecule has 0 saturated heterocycles. The number of carboxylic acid groups (broad SMARTS) is 1. The fourth-order valence-electron chi connectivity index (χ4n) is 2.15. The number of para-hydroxylation sites is 1. The number of hydrogen-bond donors (Lipinski definition) is 3. The molecule has 0 aliphatic heterocycles. The Morgan fingerprint density at radius 2 is 1.95 bits per heavy atom. The lowest BCUT2D eigenvalue weighted by Crippen LogP contribution is -2.03. The smallest absolute Gasteiger partial charge is 0.337 e. The maximum Gasteiger partial charge on any atom is 0.337 e. The van der Waals surface area contributed by atoms with Gasteiger partial charge in [0.2, 0.25) is 0 Å². The lowest BCUT2D eigenvalue weighted by Gasteiger charge is -2.11. The number of benzene rings is 2. The summed E-state index contributed by atoms with van der Waals surface area (Å²) in [5.41, 5.74) is 8.42. The zero-order valence-corrected chi connectivity index (χ0v) is 11.1. The van der Waals surface area contributed by atoms with Gasteiger partial charge in [0.15, 0.2) is 0 Å². The summed E-state index contributed by atoms with van der Waals surface area (Å²) >= 11 is 0. The number of fused-ring (bicyclic) bond motifs is 1. The van der Waals surface area contributed by atoms with Crippen LogP contribution in [0.25, 0.3) is 10.9 Å². The van der Waals surface area contributed by atoms with Gasteiger partial charge in [-0.25, -0.2) is 4.79 Å². The minimum atomic E-state index is -1.01. The van der Waals surface area contributed by atoms with Crippen molar-refractivity contribution >= 4 is 33.9 Å². The number of aromatic carboxylic acids is 1. The second-order valence-corrected chi connectivity index (χ2v) is 4.65. The second-order valence-electron chi connectivity index (χ2n) is 4.65. The first kappa shape index (κ1) is 12.9. The summed E-state index contributed by atoms with van der Waals surface area (Å²) in [7, 11) is 0. The molecule has 21 heavy (non-hydrogen) atoms. The van der Waals surface area contributed by atoms with Gasteiger partial charge in [-0.15, -0.1) is 0 Å². The van der Waals surface area contributed by atoms with Crippen LogP contribution < -0.4 is 11.1 Å². The number of nitrogens with two attached hydrogens (primary N) is 1. The number of aromatic nitrogens is 1. The lowest BCUT2D eigenvalue weighted by atomic mass is 10.1. The molecule has 2 aromatic carbocycles. The molecule has 0 atom stereocenters. The molecule has 3 aromatic rings. The Kier molecular flexibility index (Phi) is 3.16. The lowest BCUT2D eigenvalue weighted by molar-refractivity contribution is 0.0698. The van der Waals surface area contributed by atoms with Crippen LogP contribution in [0.15, 0.2) is 54.7 Å². The van der Waals surface area contributed by atoms with Crippen LogP contribution in [0.2, 0.25) is 0 Å². The van der Waals surface area contributed by atoms with Gasteiger partial charge >= 0.3 is 5.97 Å². The van der Waals surface area contributed by atoms with Crippen molar-refractivity contribution in [3.63, 3.8) is 0 Å². The topological polar surface area (TPSA) is 88.2 Å². The Hall–Kier alpha value is -3.08. The van der Waals surface area contributed by atoms with Crippen molar-refractivity contribution in [3.05, 3.63) is 60.3 Å². The molecule has 0 spiro atoms. The molecule has 0 saturated carbocycles. The number of anilines is 3. The minimum absolute atomic E-state index is 0.164. The Morgan fingerprint density at radius 1 is 1.14 bits per heavy atom. The van der Waals surface area contributed by atoms with Crippen LogP contribution in [0.3, 0.4) is 0 Å². The van der Waals surface area contributed by atoms with Crippen molar-refractivity contribution in [1.82, 2.24) is 4.98 Å². The van der Waals surface area contributed by atoms with Crippen LogP contribution in [0.4, 0.5) is 17.1 Å². The van der Waals surface area contributed by atoms with Gasteiger partial charge in [0.25, 0.3) is 0 Å². The molecular formula is C16H13N3O2. The van der Waals surface area contributed by atoms with Crippen molar-refractivity contribution in [1.29, 1.82) is 0 Å². The predicted molar refractivity (Wildman–Crippen MR) is 82.8 cm³/mol. The highest BCUT2D eigenvalue weighted by Gasteiger charge is 2.10. The Morgan fingerprint density at radius 3 is 2.76 bits per heavy atom. The van der Waals surface area contributed by atoms with Gasteiger partial charge in [-0.3, -0.25) is 4.98 Å². The SMILES string of the molecule is Nc1ccc(C(=O)O)c(Nc2cnc3ccccc3c2)c1. The summed E-state index contributed by atoms with van der Waals surface area (Å²) in [6.07, 6.45) is 1.66. The number of pyridine rings is 1. The van der Waals surface area contributed by atoms with Crippen molar-refractivity contribution < 1.29 is 9.90 Å². The maximum absolute atomic E-state index is 11.2. The molecule has 5 nitrogen and oxygen atoms in total. The standard InChI is InChI=1S/C16H13N3O2/c17-11-5-6-13(16(20)21)15(8-11)19-12-7-10-3-1-2-4-14(10)18-9-12/h1-9,19H,17H2,(H,20,21). The zero-order chi connectivity index (χ0) is 14.8. The van der Waals surface area contributed by atoms with E-state index in [9.17, 15) is 9.90 Å². The molecule has 104 valence electrons. The fraction of sp³-hybridized carbons (Fsp3) is 0. The predicted octanol–water partition coefficient (Wildman–Crippen LogP) is 3.26. The largest absolute Gasteiger partial charge is 0.478 e. The van der Waals surface area contributed by atoms with E-state index in [0.717, 1.165) is 10.9 Å². The van der Waals surface area contributed by atoms with E-state index in [2.05, 4.69) is 10.3 Å². The zero-order valence-electron chi connectivity index (χ0n) is 11.1. The minimum Gasteiger partial charge on any atom is -0.478 e. The van der Waals surface area contributed by atoms with E-state index in [0.29, 0.717) is 17.1 Å². The number of nitrogen functional groups attached to an aromatic ring is 1. The molecule has 0 radical (unpaired) electrons. The maximum atomic E-state index is 11.2. The Bertz CT molecular complexity index is 831. The van der Waals surface area contributed by atoms with Gasteiger partial charge in [0.05, 0.1) is 28.7 Å². The third-order valence-electron chi connectivity index (χ3n) is 3.14. The van der Waals surface area contributed by atoms with Crippen LogP contribution >= 0.6 is 0 Å². The highest BCUT2D eigenvalue weighted by molar-refractivity contribution is 5.96. The molecule has 0 unspecified atom stereocenters. The molecule has 0 aliphatic rings. The number of hydrogen-bond acceptors (Lipinski definition) is 4. The monoisotopic (exact) mass is 279 g/mol. The number of nitrogens with zero attached hydrogens (tertiary/aromatic N) is 1. The van der Waals surface area contributed by atoms with Gasteiger partial charge in [-0.1, -0.05) is 18.2 Å². The van der Waals surface area contributed by atoms with E-state index in [1.165, 1.54) is 6.07 Å². The third kappa shape index (κ3) is 2.62. The van der Waals surface area contributed by atoms with Gasteiger partial charge in [-0.05, 0) is 30.3 Å². The summed E-state index contributed by atoms with van der Waals surface area (Å²) in [6.45, 7) is 0. The van der Waals surface area contributed by atoms with Crippen LogP contribution in [0, 0.1) is 0 Å². The van der Waals surface area contributed by atoms with Gasteiger partial charge in [0, 0.05) is 11.1 Å². The van der Waals surface area contributed by atoms with Gasteiger partial charge < -0.3 is 16.2 Å². The summed E-state index contributed by atoms with van der Waals surface area (Å²) in [5.74, 6) is -1.01. The number of rotatable bonds is 3. The van der Waals surface area contributed by atoms with Crippen LogP contribution in [-0.4, -0.2) is 16.1 Å². The number of nitrogens with one attached hydrogen (secondary N) is 1. The van der Waals surface area contributed by atoms with Gasteiger partial charge in [0.1, 0.15) is 0 Å². The van der Waals surface area contributed by atoms with Crippen molar-refractivity contribution in [2.45, 2.75) is 0 Å². The van der Waals surface area contributed by atoms with E-state index in [1.807, 2.05) is 30.3 Å². The average Bonchev–Trinajstić information content (AvgIpc) is 2.47. The van der Waals surface area contributed by atoms with Crippen molar-refractivity contribution in [2.24, 2.45) is 0 Å². The first-order valence-corrected chi connectivity index (χ1v) is 6.38. The van der Waals surface area contributed by atoms with E-state index in [-0.39, 0.29) is 5.56 Å². The molecule has 3 rings (SSSR count). The van der Waals surface area contributed by atoms with Crippen molar-refractivity contribution in [2.75, 3.05) is 11.1 Å². The molecule has 1 aromatic heterocycles. The first-order chi connectivity index (χ1) is 10.1. The number of carboxylic acids is 1. The molecule has 0 amide bonds. The highest BCUT2D eigenvalue weighted by Crippen LogP contribution is 2.25. The summed E-state index contributed by atoms with van der Waals surface area (Å²) in [6, 6.07) is 14.3. The van der Waals surface area contributed by atoms with Crippen LogP contribution in [-0.2, 0) is 0 Å². The van der Waals surface area contributed by atoms with Crippen LogP contribution in [0.1, 0.15) is 10.4 Å². The Labute approximate surface area is 121 Å². The van der Waals surface area contributed by atoms with E-state index in [1.54, 1.807) is 18.3 Å². The van der Waals surface area contributed by atoms with E-state index in [4.69, 9.17) is 5.73 Å². The molecule has 5 heteroatoms. The highest BCUT2D eigenvalue weighted by atomic mass is 16.4. The van der Waals surface area contributed by atoms with E-state index >= 15 is 0 Å². The van der Waals surface area contributed by atoms with Gasteiger partial charge in [-0.2, -0.15) is 0 Å². The summed E-state index contributed by atoms with van der Waals surface area (Å²) < 4.78 is 0. The molecule has 4 N–H and O–H groups in total. The molecule has 1 heterocycles. The quantitative estimate of drug-likeness (QED) is 0.640. The fourth-order valence-corrected chi connectivity index (χ4v) is 2.15. The Balaban J connectivity index is 2.02. The third-order valence-corrected chi connectivity index (χ3v) is 3.14. The molecule has 0 fully saturated rings. The van der Waals surface area contributed by atoms with Crippen molar-refractivity contribution in [3.8, 4) is 0 Å². The second kappa shape index (κ2) is 5.13. The average molecular weight is 279 g/mol. The summed E-state index contributed by atoms with van der Waals surface area (Å²) in [5, 5.41) is 13.2.